The van der Waals surface area contributed by atoms with Crippen molar-refractivity contribution in [2.45, 2.75) is 39.3 Å². The molecular weight excluding hydrogens is 380 g/mol. The summed E-state index contributed by atoms with van der Waals surface area (Å²) in [5, 5.41) is 0.590. The van der Waals surface area contributed by atoms with E-state index in [1.807, 2.05) is 32.9 Å². The van der Waals surface area contributed by atoms with Crippen molar-refractivity contribution in [1.82, 2.24) is 9.97 Å². The minimum absolute atomic E-state index is 0.00808. The lowest BCUT2D eigenvalue weighted by molar-refractivity contribution is 0.134. The molecule has 1 saturated heterocycles. The van der Waals surface area contributed by atoms with Crippen molar-refractivity contribution in [3.63, 3.8) is 0 Å². The molecular formula is C20H27ClN4O3. The Morgan fingerprint density at radius 1 is 1.25 bits per heavy atom. The van der Waals surface area contributed by atoms with Gasteiger partial charge in [0, 0.05) is 36.0 Å². The predicted molar refractivity (Wildman–Crippen MR) is 110 cm³/mol. The minimum Gasteiger partial charge on any atom is -0.493 e. The van der Waals surface area contributed by atoms with E-state index in [1.165, 1.54) is 0 Å². The molecule has 1 atom stereocenters. The lowest BCUT2D eigenvalue weighted by Crippen LogP contribution is -2.32. The van der Waals surface area contributed by atoms with Crippen LogP contribution >= 0.6 is 11.6 Å². The molecule has 2 N–H and O–H groups in total. The SMILES string of the molecule is COc1cc(Cl)c([C@H]2COCCCN2c2cc(C)nc(N)n2)cc1OC(C)C. The Morgan fingerprint density at radius 2 is 2.04 bits per heavy atom. The van der Waals surface area contributed by atoms with Crippen LogP contribution in [0.3, 0.4) is 0 Å². The Hall–Kier alpha value is -2.25. The molecule has 3 rings (SSSR count). The van der Waals surface area contributed by atoms with Gasteiger partial charge >= 0.3 is 0 Å². The van der Waals surface area contributed by atoms with Gasteiger partial charge in [0.1, 0.15) is 5.82 Å². The third kappa shape index (κ3) is 4.59. The molecule has 2 aromatic rings. The number of methoxy groups -OCH3 is 1. The number of nitrogens with zero attached hydrogens (tertiary/aromatic N) is 3. The van der Waals surface area contributed by atoms with E-state index in [1.54, 1.807) is 13.2 Å². The molecule has 0 spiro atoms. The van der Waals surface area contributed by atoms with Crippen LogP contribution in [-0.2, 0) is 4.74 Å². The van der Waals surface area contributed by atoms with Gasteiger partial charge in [-0.15, -0.1) is 0 Å². The summed E-state index contributed by atoms with van der Waals surface area (Å²) in [7, 11) is 1.60. The van der Waals surface area contributed by atoms with Gasteiger partial charge in [0.2, 0.25) is 5.95 Å². The molecule has 2 heterocycles. The fourth-order valence-corrected chi connectivity index (χ4v) is 3.62. The van der Waals surface area contributed by atoms with Gasteiger partial charge in [-0.3, -0.25) is 0 Å². The van der Waals surface area contributed by atoms with Gasteiger partial charge in [-0.2, -0.15) is 4.98 Å². The molecule has 0 amide bonds. The normalized spacial score (nSPS) is 17.5. The summed E-state index contributed by atoms with van der Waals surface area (Å²) in [6, 6.07) is 5.52. The van der Waals surface area contributed by atoms with Crippen LogP contribution in [0.25, 0.3) is 0 Å². The first-order valence-corrected chi connectivity index (χ1v) is 9.76. The number of nitrogen functional groups attached to an aromatic ring is 1. The smallest absolute Gasteiger partial charge is 0.222 e. The maximum Gasteiger partial charge on any atom is 0.222 e. The van der Waals surface area contributed by atoms with Crippen LogP contribution in [0.2, 0.25) is 5.02 Å². The van der Waals surface area contributed by atoms with Crippen LogP contribution in [0.5, 0.6) is 11.5 Å². The number of anilines is 2. The highest BCUT2D eigenvalue weighted by Crippen LogP contribution is 2.40. The second-order valence-electron chi connectivity index (χ2n) is 7.05. The molecule has 7 nitrogen and oxygen atoms in total. The molecule has 152 valence electrons. The van der Waals surface area contributed by atoms with Gasteiger partial charge in [0.05, 0.1) is 25.9 Å². The number of aryl methyl sites for hydroxylation is 1. The van der Waals surface area contributed by atoms with Crippen molar-refractivity contribution in [3.8, 4) is 11.5 Å². The molecule has 1 aromatic carbocycles. The zero-order valence-corrected chi connectivity index (χ0v) is 17.5. The maximum atomic E-state index is 6.64. The lowest BCUT2D eigenvalue weighted by atomic mass is 10.0. The van der Waals surface area contributed by atoms with E-state index in [4.69, 9.17) is 31.5 Å². The Balaban J connectivity index is 2.07. The molecule has 1 aromatic heterocycles. The van der Waals surface area contributed by atoms with E-state index >= 15 is 0 Å². The Kier molecular flexibility index (Phi) is 6.46. The van der Waals surface area contributed by atoms with Gasteiger partial charge < -0.3 is 24.8 Å². The van der Waals surface area contributed by atoms with E-state index in [0.29, 0.717) is 29.7 Å². The van der Waals surface area contributed by atoms with Gasteiger partial charge in [0.25, 0.3) is 0 Å². The summed E-state index contributed by atoms with van der Waals surface area (Å²) in [6.45, 7) is 7.78. The van der Waals surface area contributed by atoms with E-state index in [-0.39, 0.29) is 18.1 Å². The highest BCUT2D eigenvalue weighted by molar-refractivity contribution is 6.31. The van der Waals surface area contributed by atoms with E-state index < -0.39 is 0 Å². The maximum absolute atomic E-state index is 6.64. The summed E-state index contributed by atoms with van der Waals surface area (Å²) < 4.78 is 17.2. The van der Waals surface area contributed by atoms with Crippen LogP contribution in [0.15, 0.2) is 18.2 Å². The first-order valence-electron chi connectivity index (χ1n) is 9.38. The quantitative estimate of drug-likeness (QED) is 0.808. The summed E-state index contributed by atoms with van der Waals surface area (Å²) in [4.78, 5) is 10.8. The van der Waals surface area contributed by atoms with Gasteiger partial charge in [-0.05, 0) is 38.8 Å². The minimum atomic E-state index is -0.135. The summed E-state index contributed by atoms with van der Waals surface area (Å²) in [5.74, 6) is 2.27. The van der Waals surface area contributed by atoms with Crippen LogP contribution in [0.4, 0.5) is 11.8 Å². The van der Waals surface area contributed by atoms with Crippen molar-refractivity contribution < 1.29 is 14.2 Å². The third-order valence-electron chi connectivity index (χ3n) is 4.50. The molecule has 0 unspecified atom stereocenters. The summed E-state index contributed by atoms with van der Waals surface area (Å²) in [5.41, 5.74) is 7.61. The number of rotatable bonds is 5. The predicted octanol–water partition coefficient (Wildman–Crippen LogP) is 3.78. The third-order valence-corrected chi connectivity index (χ3v) is 4.82. The highest BCUT2D eigenvalue weighted by Gasteiger charge is 2.28. The van der Waals surface area contributed by atoms with Crippen molar-refractivity contribution in [1.29, 1.82) is 0 Å². The number of halogens is 1. The van der Waals surface area contributed by atoms with Crippen LogP contribution < -0.4 is 20.1 Å². The second-order valence-corrected chi connectivity index (χ2v) is 7.46. The van der Waals surface area contributed by atoms with Crippen LogP contribution in [0.1, 0.15) is 37.6 Å². The molecule has 0 aliphatic carbocycles. The fourth-order valence-electron chi connectivity index (χ4n) is 3.34. The number of aromatic nitrogens is 2. The van der Waals surface area contributed by atoms with Crippen molar-refractivity contribution in [3.05, 3.63) is 34.5 Å². The Labute approximate surface area is 170 Å². The number of nitrogens with two attached hydrogens (primary N) is 1. The van der Waals surface area contributed by atoms with Crippen molar-refractivity contribution in [2.75, 3.05) is 37.5 Å². The monoisotopic (exact) mass is 406 g/mol. The topological polar surface area (TPSA) is 82.7 Å². The molecule has 1 aliphatic rings. The molecule has 28 heavy (non-hydrogen) atoms. The molecule has 1 fully saturated rings. The fraction of sp³-hybridized carbons (Fsp3) is 0.500. The van der Waals surface area contributed by atoms with Crippen molar-refractivity contribution in [2.24, 2.45) is 0 Å². The molecule has 0 saturated carbocycles. The largest absolute Gasteiger partial charge is 0.493 e. The van der Waals surface area contributed by atoms with E-state index in [2.05, 4.69) is 14.9 Å². The average Bonchev–Trinajstić information content (AvgIpc) is 2.87. The zero-order chi connectivity index (χ0) is 20.3. The molecule has 8 heteroatoms. The number of hydrogen-bond donors (Lipinski definition) is 1. The van der Waals surface area contributed by atoms with E-state index in [9.17, 15) is 0 Å². The Bertz CT molecular complexity index is 811. The zero-order valence-electron chi connectivity index (χ0n) is 16.7. The van der Waals surface area contributed by atoms with Gasteiger partial charge in [-0.1, -0.05) is 11.6 Å². The van der Waals surface area contributed by atoms with Gasteiger partial charge in [-0.25, -0.2) is 4.98 Å². The summed E-state index contributed by atoms with van der Waals surface area (Å²) in [6.07, 6.45) is 0.886. The van der Waals surface area contributed by atoms with Crippen LogP contribution in [-0.4, -0.2) is 42.9 Å². The van der Waals surface area contributed by atoms with E-state index in [0.717, 1.165) is 30.0 Å². The average molecular weight is 407 g/mol. The van der Waals surface area contributed by atoms with Gasteiger partial charge in [0.15, 0.2) is 11.5 Å². The number of benzene rings is 1. The molecule has 0 radical (unpaired) electrons. The molecule has 0 bridgehead atoms. The number of ether oxygens (including phenoxy) is 3. The first kappa shape index (κ1) is 20.5. The number of hydrogen-bond acceptors (Lipinski definition) is 7. The summed E-state index contributed by atoms with van der Waals surface area (Å²) >= 11 is 6.64. The van der Waals surface area contributed by atoms with Crippen LogP contribution in [0, 0.1) is 6.92 Å². The highest BCUT2D eigenvalue weighted by atomic mass is 35.5. The first-order chi connectivity index (χ1) is 13.4. The second kappa shape index (κ2) is 8.84. The molecule has 1 aliphatic heterocycles. The standard InChI is InChI=1S/C20H27ClN4O3/c1-12(2)28-18-9-14(15(21)10-17(18)26-4)16-11-27-7-5-6-25(16)19-8-13(3)23-20(22)24-19/h8-10,12,16H,5-7,11H2,1-4H3,(H2,22,23,24)/t16-/m1/s1. The van der Waals surface area contributed by atoms with Crippen molar-refractivity contribution >= 4 is 23.4 Å². The Morgan fingerprint density at radius 3 is 2.71 bits per heavy atom. The lowest BCUT2D eigenvalue weighted by Gasteiger charge is -2.32.